The van der Waals surface area contributed by atoms with Crippen molar-refractivity contribution in [3.05, 3.63) is 28.4 Å². The van der Waals surface area contributed by atoms with Crippen LogP contribution in [-0.4, -0.2) is 33.1 Å². The van der Waals surface area contributed by atoms with Gasteiger partial charge < -0.3 is 15.4 Å². The molecule has 88 valence electrons. The molecule has 1 aromatic rings. The van der Waals surface area contributed by atoms with Crippen LogP contribution in [0.5, 0.6) is 0 Å². The van der Waals surface area contributed by atoms with Crippen molar-refractivity contribution < 1.29 is 9.90 Å². The van der Waals surface area contributed by atoms with Crippen LogP contribution in [0.4, 0.5) is 0 Å². The Morgan fingerprint density at radius 2 is 2.31 bits per heavy atom. The molecule has 1 aromatic heterocycles. The molecule has 3 N–H and O–H groups in total. The van der Waals surface area contributed by atoms with E-state index in [2.05, 4.69) is 15.3 Å². The van der Waals surface area contributed by atoms with Crippen LogP contribution in [-0.2, 0) is 0 Å². The summed E-state index contributed by atoms with van der Waals surface area (Å²) < 4.78 is 0. The molecule has 1 heterocycles. The van der Waals surface area contributed by atoms with Crippen LogP contribution in [0.3, 0.4) is 0 Å². The van der Waals surface area contributed by atoms with Gasteiger partial charge in [-0.05, 0) is 20.3 Å². The minimum atomic E-state index is -0.510. The minimum absolute atomic E-state index is 0.00761. The van der Waals surface area contributed by atoms with Crippen molar-refractivity contribution in [3.63, 3.8) is 0 Å². The number of aromatic nitrogens is 2. The van der Waals surface area contributed by atoms with E-state index in [1.54, 1.807) is 13.8 Å². The van der Waals surface area contributed by atoms with E-state index in [4.69, 9.17) is 5.11 Å². The highest BCUT2D eigenvalue weighted by molar-refractivity contribution is 5.92. The number of rotatable bonds is 4. The summed E-state index contributed by atoms with van der Waals surface area (Å²) in [5.74, 6) is -0.380. The first kappa shape index (κ1) is 12.4. The number of H-pyrrole nitrogens is 1. The van der Waals surface area contributed by atoms with E-state index in [0.717, 1.165) is 6.20 Å². The van der Waals surface area contributed by atoms with E-state index in [1.807, 2.05) is 0 Å². The van der Waals surface area contributed by atoms with Gasteiger partial charge >= 0.3 is 0 Å². The van der Waals surface area contributed by atoms with Crippen molar-refractivity contribution >= 4 is 5.91 Å². The summed E-state index contributed by atoms with van der Waals surface area (Å²) in [5, 5.41) is 11.5. The smallest absolute Gasteiger partial charge is 0.271 e. The van der Waals surface area contributed by atoms with E-state index >= 15 is 0 Å². The summed E-state index contributed by atoms with van der Waals surface area (Å²) >= 11 is 0. The summed E-state index contributed by atoms with van der Waals surface area (Å²) in [6.45, 7) is 3.59. The zero-order chi connectivity index (χ0) is 12.2. The van der Waals surface area contributed by atoms with Crippen LogP contribution in [0.1, 0.15) is 30.8 Å². The van der Waals surface area contributed by atoms with Gasteiger partial charge in [-0.25, -0.2) is 4.98 Å². The van der Waals surface area contributed by atoms with Gasteiger partial charge in [0, 0.05) is 18.3 Å². The van der Waals surface area contributed by atoms with Crippen molar-refractivity contribution in [2.75, 3.05) is 6.61 Å². The van der Waals surface area contributed by atoms with Gasteiger partial charge in [0.1, 0.15) is 5.69 Å². The first-order valence-electron chi connectivity index (χ1n) is 4.93. The second kappa shape index (κ2) is 4.89. The van der Waals surface area contributed by atoms with Gasteiger partial charge in [-0.15, -0.1) is 0 Å². The van der Waals surface area contributed by atoms with Gasteiger partial charge in [-0.1, -0.05) is 0 Å². The summed E-state index contributed by atoms with van der Waals surface area (Å²) in [5.41, 5.74) is -0.722. The molecule has 16 heavy (non-hydrogen) atoms. The fourth-order valence-electron chi connectivity index (χ4n) is 1.18. The monoisotopic (exact) mass is 225 g/mol. The maximum absolute atomic E-state index is 11.7. The van der Waals surface area contributed by atoms with Gasteiger partial charge in [0.2, 0.25) is 0 Å². The molecule has 0 atom stereocenters. The number of nitrogens with zero attached hydrogens (tertiary/aromatic N) is 1. The molecule has 0 radical (unpaired) electrons. The van der Waals surface area contributed by atoms with E-state index in [0.29, 0.717) is 6.42 Å². The average molecular weight is 225 g/mol. The maximum atomic E-state index is 11.7. The molecular formula is C10H15N3O3. The lowest BCUT2D eigenvalue weighted by Gasteiger charge is -2.24. The maximum Gasteiger partial charge on any atom is 0.271 e. The molecule has 0 bridgehead atoms. The summed E-state index contributed by atoms with van der Waals surface area (Å²) in [7, 11) is 0. The van der Waals surface area contributed by atoms with Gasteiger partial charge in [0.15, 0.2) is 0 Å². The average Bonchev–Trinajstić information content (AvgIpc) is 2.17. The predicted octanol–water partition coefficient (Wildman–Crippen LogP) is -0.339. The standard InChI is InChI=1S/C10H15N3O3/c1-10(2,3-4-14)13-9(16)7-5-12-8(15)6-11-7/h5-6,14H,3-4H2,1-2H3,(H,12,15)(H,13,16). The number of hydrogen-bond acceptors (Lipinski definition) is 4. The number of aliphatic hydroxyl groups excluding tert-OH is 1. The Bertz CT molecular complexity index is 405. The fourth-order valence-corrected chi connectivity index (χ4v) is 1.18. The van der Waals surface area contributed by atoms with Crippen LogP contribution < -0.4 is 10.9 Å². The Labute approximate surface area is 92.7 Å². The molecule has 0 aliphatic carbocycles. The van der Waals surface area contributed by atoms with Crippen molar-refractivity contribution in [2.24, 2.45) is 0 Å². The Hall–Kier alpha value is -1.69. The Morgan fingerprint density at radius 1 is 1.62 bits per heavy atom. The number of amides is 1. The van der Waals surface area contributed by atoms with E-state index < -0.39 is 5.54 Å². The highest BCUT2D eigenvalue weighted by Crippen LogP contribution is 2.07. The second-order valence-corrected chi connectivity index (χ2v) is 4.11. The number of hydrogen-bond donors (Lipinski definition) is 3. The SMILES string of the molecule is CC(C)(CCO)NC(=O)c1c[nH]c(=O)cn1. The van der Waals surface area contributed by atoms with Gasteiger partial charge in [-0.2, -0.15) is 0 Å². The minimum Gasteiger partial charge on any atom is -0.396 e. The Morgan fingerprint density at radius 3 is 2.81 bits per heavy atom. The largest absolute Gasteiger partial charge is 0.396 e. The first-order valence-corrected chi connectivity index (χ1v) is 4.93. The number of aromatic amines is 1. The lowest BCUT2D eigenvalue weighted by molar-refractivity contribution is 0.0894. The fraction of sp³-hybridized carbons (Fsp3) is 0.500. The molecule has 0 unspecified atom stereocenters. The van der Waals surface area contributed by atoms with Crippen LogP contribution in [0.25, 0.3) is 0 Å². The van der Waals surface area contributed by atoms with Gasteiger partial charge in [-0.3, -0.25) is 9.59 Å². The number of nitrogens with one attached hydrogen (secondary N) is 2. The molecule has 0 fully saturated rings. The molecule has 6 heteroatoms. The summed E-state index contributed by atoms with van der Waals surface area (Å²) in [4.78, 5) is 28.5. The van der Waals surface area contributed by atoms with Crippen LogP contribution in [0.2, 0.25) is 0 Å². The van der Waals surface area contributed by atoms with Crippen LogP contribution >= 0.6 is 0 Å². The molecule has 1 rings (SSSR count). The zero-order valence-corrected chi connectivity index (χ0v) is 9.28. The molecule has 0 saturated carbocycles. The molecule has 0 saturated heterocycles. The number of carbonyl (C=O) groups is 1. The topological polar surface area (TPSA) is 95.1 Å². The highest BCUT2D eigenvalue weighted by Gasteiger charge is 2.21. The highest BCUT2D eigenvalue weighted by atomic mass is 16.3. The van der Waals surface area contributed by atoms with Gasteiger partial charge in [0.05, 0.1) is 6.20 Å². The van der Waals surface area contributed by atoms with E-state index in [1.165, 1.54) is 6.20 Å². The third-order valence-corrected chi connectivity index (χ3v) is 2.09. The van der Waals surface area contributed by atoms with Crippen molar-refractivity contribution in [1.82, 2.24) is 15.3 Å². The molecule has 0 aromatic carbocycles. The summed E-state index contributed by atoms with van der Waals surface area (Å²) in [6, 6.07) is 0. The second-order valence-electron chi connectivity index (χ2n) is 4.11. The molecule has 0 spiro atoms. The normalized spacial score (nSPS) is 11.2. The lowest BCUT2D eigenvalue weighted by atomic mass is 10.0. The third-order valence-electron chi connectivity index (χ3n) is 2.09. The van der Waals surface area contributed by atoms with Crippen molar-refractivity contribution in [1.29, 1.82) is 0 Å². The van der Waals surface area contributed by atoms with E-state index in [-0.39, 0.29) is 23.8 Å². The number of aliphatic hydroxyl groups is 1. The molecule has 1 amide bonds. The predicted molar refractivity (Wildman–Crippen MR) is 58.1 cm³/mol. The first-order chi connectivity index (χ1) is 7.44. The third kappa shape index (κ3) is 3.47. The Balaban J connectivity index is 2.72. The van der Waals surface area contributed by atoms with Crippen molar-refractivity contribution in [2.45, 2.75) is 25.8 Å². The van der Waals surface area contributed by atoms with Crippen molar-refractivity contribution in [3.8, 4) is 0 Å². The lowest BCUT2D eigenvalue weighted by Crippen LogP contribution is -2.44. The Kier molecular flexibility index (Phi) is 3.78. The number of carbonyl (C=O) groups excluding carboxylic acids is 1. The zero-order valence-electron chi connectivity index (χ0n) is 9.28. The van der Waals surface area contributed by atoms with E-state index in [9.17, 15) is 9.59 Å². The molecule has 6 nitrogen and oxygen atoms in total. The van der Waals surface area contributed by atoms with Gasteiger partial charge in [0.25, 0.3) is 11.5 Å². The molecule has 0 aliphatic heterocycles. The van der Waals surface area contributed by atoms with Crippen LogP contribution in [0.15, 0.2) is 17.2 Å². The van der Waals surface area contributed by atoms with Crippen LogP contribution in [0, 0.1) is 0 Å². The summed E-state index contributed by atoms with van der Waals surface area (Å²) in [6.07, 6.45) is 2.75. The molecule has 0 aliphatic rings. The molecular weight excluding hydrogens is 210 g/mol. The quantitative estimate of drug-likeness (QED) is 0.653.